The molecule has 0 unspecified atom stereocenters. The van der Waals surface area contributed by atoms with Gasteiger partial charge in [0, 0.05) is 35.3 Å². The van der Waals surface area contributed by atoms with Crippen molar-refractivity contribution < 1.29 is 18.6 Å². The molecule has 0 spiro atoms. The third kappa shape index (κ3) is 3.99. The van der Waals surface area contributed by atoms with Crippen molar-refractivity contribution in [2.24, 2.45) is 0 Å². The number of anilines is 2. The molecule has 1 N–H and O–H groups in total. The van der Waals surface area contributed by atoms with Crippen LogP contribution >= 0.6 is 0 Å². The monoisotopic (exact) mass is 397 g/mol. The maximum Gasteiger partial charge on any atom is 0.128 e. The molecule has 0 amide bonds. The molecule has 4 rings (SSSR count). The summed E-state index contributed by atoms with van der Waals surface area (Å²) in [5.41, 5.74) is 3.98. The van der Waals surface area contributed by atoms with E-state index in [0.717, 1.165) is 5.56 Å². The summed E-state index contributed by atoms with van der Waals surface area (Å²) in [4.78, 5) is 14.5. The number of H-pyrrole nitrogens is 1. The lowest BCUT2D eigenvalue weighted by Crippen LogP contribution is -2.21. The third-order valence-electron chi connectivity index (χ3n) is 4.43. The molecule has 0 saturated carbocycles. The van der Waals surface area contributed by atoms with Crippen molar-refractivity contribution in [3.8, 4) is 17.0 Å². The Balaban J connectivity index is 1.78. The zero-order valence-electron chi connectivity index (χ0n) is 15.5. The largest absolute Gasteiger partial charge is 0.497 e. The number of nitrogens with one attached hydrogen (secondary N) is 1. The van der Waals surface area contributed by atoms with Crippen molar-refractivity contribution in [2.45, 2.75) is 0 Å². The fourth-order valence-corrected chi connectivity index (χ4v) is 3.05. The molecule has 4 aromatic rings. The van der Waals surface area contributed by atoms with Crippen LogP contribution in [-0.2, 0) is 4.94 Å². The van der Waals surface area contributed by atoms with Crippen LogP contribution in [0.15, 0.2) is 55.0 Å². The molecule has 0 saturated heterocycles. The molecule has 0 bridgehead atoms. The van der Waals surface area contributed by atoms with Gasteiger partial charge in [-0.15, -0.1) is 0 Å². The molecule has 0 aliphatic carbocycles. The van der Waals surface area contributed by atoms with Gasteiger partial charge in [-0.25, -0.2) is 9.37 Å². The predicted molar refractivity (Wildman–Crippen MR) is 104 cm³/mol. The Bertz CT molecular complexity index is 1120. The summed E-state index contributed by atoms with van der Waals surface area (Å²) >= 11 is 0. The van der Waals surface area contributed by atoms with E-state index in [1.165, 1.54) is 19.2 Å². The summed E-state index contributed by atoms with van der Waals surface area (Å²) in [5, 5.41) is 6.67. The number of aromatic amines is 1. The zero-order valence-corrected chi connectivity index (χ0v) is 15.5. The first-order chi connectivity index (χ1) is 14.2. The van der Waals surface area contributed by atoms with E-state index < -0.39 is 5.82 Å². The summed E-state index contributed by atoms with van der Waals surface area (Å²) in [6.45, 7) is -0.0406. The zero-order chi connectivity index (χ0) is 20.2. The number of nitrogens with zero attached hydrogens (tertiary/aromatic N) is 4. The predicted octanol–water partition coefficient (Wildman–Crippen LogP) is 4.21. The number of rotatable bonds is 7. The van der Waals surface area contributed by atoms with Crippen LogP contribution in [0.5, 0.6) is 5.75 Å². The van der Waals surface area contributed by atoms with Crippen LogP contribution in [0.25, 0.3) is 22.3 Å². The fourth-order valence-electron chi connectivity index (χ4n) is 3.05. The number of hydrogen-bond donors (Lipinski definition) is 1. The lowest BCUT2D eigenvalue weighted by atomic mass is 10.2. The van der Waals surface area contributed by atoms with E-state index in [9.17, 15) is 8.92 Å². The molecule has 2 aromatic heterocycles. The van der Waals surface area contributed by atoms with Gasteiger partial charge in [-0.3, -0.25) is 10.1 Å². The van der Waals surface area contributed by atoms with Crippen LogP contribution in [0.2, 0.25) is 0 Å². The number of fused-ring (bicyclic) bond motifs is 1. The average molecular weight is 397 g/mol. The smallest absolute Gasteiger partial charge is 0.128 e. The molecule has 9 heteroatoms. The molecule has 2 heterocycles. The molecule has 148 valence electrons. The minimum Gasteiger partial charge on any atom is -0.497 e. The van der Waals surface area contributed by atoms with Gasteiger partial charge in [-0.05, 0) is 28.8 Å². The molecule has 0 aliphatic rings. The second-order valence-electron chi connectivity index (χ2n) is 6.23. The highest BCUT2D eigenvalue weighted by molar-refractivity contribution is 5.82. The molecule has 0 radical (unpaired) electrons. The Morgan fingerprint density at radius 1 is 1.07 bits per heavy atom. The molecular formula is C20H17F2N5O2. The second kappa shape index (κ2) is 8.19. The Labute approximate surface area is 164 Å². The van der Waals surface area contributed by atoms with E-state index in [-0.39, 0.29) is 13.2 Å². The number of benzene rings is 2. The summed E-state index contributed by atoms with van der Waals surface area (Å²) in [6.07, 6.45) is 5.05. The van der Waals surface area contributed by atoms with Gasteiger partial charge in [-0.2, -0.15) is 10.0 Å². The van der Waals surface area contributed by atoms with Crippen LogP contribution < -0.4 is 9.64 Å². The maximum absolute atomic E-state index is 14.0. The van der Waals surface area contributed by atoms with Crippen LogP contribution in [0.3, 0.4) is 0 Å². The average Bonchev–Trinajstić information content (AvgIpc) is 3.28. The van der Waals surface area contributed by atoms with Gasteiger partial charge in [0.05, 0.1) is 42.8 Å². The Kier molecular flexibility index (Phi) is 5.30. The van der Waals surface area contributed by atoms with Crippen molar-refractivity contribution >= 4 is 22.4 Å². The van der Waals surface area contributed by atoms with E-state index in [1.54, 1.807) is 35.6 Å². The van der Waals surface area contributed by atoms with Crippen molar-refractivity contribution in [3.05, 3.63) is 60.8 Å². The highest BCUT2D eigenvalue weighted by Gasteiger charge is 2.14. The number of methoxy groups -OCH3 is 1. The topological polar surface area (TPSA) is 76.2 Å². The lowest BCUT2D eigenvalue weighted by Gasteiger charge is -2.25. The molecule has 7 nitrogen and oxygen atoms in total. The van der Waals surface area contributed by atoms with E-state index in [4.69, 9.17) is 4.74 Å². The standard InChI is InChI=1S/C20H17F2N5O2/c1-28-17-7-14(21)6-16(8-17)27(4-5-29-22)15-2-3-18-19(9-15)26-20(12-23-18)13-10-24-25-11-13/h2-3,6-12H,4-5H2,1H3,(H,24,25). The molecule has 2 aromatic carbocycles. The number of ether oxygens (including phenoxy) is 1. The Morgan fingerprint density at radius 2 is 1.97 bits per heavy atom. The van der Waals surface area contributed by atoms with Crippen molar-refractivity contribution in [1.29, 1.82) is 0 Å². The van der Waals surface area contributed by atoms with Crippen molar-refractivity contribution in [3.63, 3.8) is 0 Å². The Hall–Kier alpha value is -3.59. The number of hydrogen-bond acceptors (Lipinski definition) is 6. The van der Waals surface area contributed by atoms with Crippen molar-refractivity contribution in [2.75, 3.05) is 25.2 Å². The fraction of sp³-hybridized carbons (Fsp3) is 0.150. The van der Waals surface area contributed by atoms with E-state index >= 15 is 0 Å². The maximum atomic E-state index is 14.0. The highest BCUT2D eigenvalue weighted by Crippen LogP contribution is 2.31. The highest BCUT2D eigenvalue weighted by atomic mass is 19.3. The summed E-state index contributed by atoms with van der Waals surface area (Å²) < 4.78 is 31.6. The second-order valence-corrected chi connectivity index (χ2v) is 6.23. The van der Waals surface area contributed by atoms with Gasteiger partial charge in [0.25, 0.3) is 0 Å². The third-order valence-corrected chi connectivity index (χ3v) is 4.43. The van der Waals surface area contributed by atoms with Gasteiger partial charge in [-0.1, -0.05) is 0 Å². The first kappa shape index (κ1) is 18.8. The lowest BCUT2D eigenvalue weighted by molar-refractivity contribution is -0.128. The summed E-state index contributed by atoms with van der Waals surface area (Å²) in [6, 6.07) is 9.70. The van der Waals surface area contributed by atoms with Gasteiger partial charge < -0.3 is 9.64 Å². The van der Waals surface area contributed by atoms with E-state index in [2.05, 4.69) is 25.1 Å². The van der Waals surface area contributed by atoms with Gasteiger partial charge in [0.2, 0.25) is 0 Å². The normalized spacial score (nSPS) is 11.0. The minimum absolute atomic E-state index is 0.156. The molecule has 0 aliphatic heterocycles. The van der Waals surface area contributed by atoms with Crippen LogP contribution in [0.1, 0.15) is 0 Å². The van der Waals surface area contributed by atoms with Crippen molar-refractivity contribution in [1.82, 2.24) is 20.2 Å². The number of halogens is 2. The molecule has 29 heavy (non-hydrogen) atoms. The SMILES string of the molecule is COc1cc(F)cc(N(CCOF)c2ccc3ncc(-c4cn[nH]c4)nc3c2)c1. The summed E-state index contributed by atoms with van der Waals surface area (Å²) in [5.74, 6) is -0.109. The van der Waals surface area contributed by atoms with E-state index in [1.807, 2.05) is 12.1 Å². The van der Waals surface area contributed by atoms with Gasteiger partial charge in [0.15, 0.2) is 0 Å². The minimum atomic E-state index is -0.464. The van der Waals surface area contributed by atoms with Crippen LogP contribution in [0, 0.1) is 5.82 Å². The van der Waals surface area contributed by atoms with Crippen LogP contribution in [0.4, 0.5) is 20.3 Å². The van der Waals surface area contributed by atoms with Gasteiger partial charge in [0.1, 0.15) is 18.2 Å². The quantitative estimate of drug-likeness (QED) is 0.504. The number of aromatic nitrogens is 4. The first-order valence-corrected chi connectivity index (χ1v) is 8.79. The first-order valence-electron chi connectivity index (χ1n) is 8.79. The molecule has 0 fully saturated rings. The summed E-state index contributed by atoms with van der Waals surface area (Å²) in [7, 11) is 1.45. The van der Waals surface area contributed by atoms with E-state index in [0.29, 0.717) is 33.9 Å². The molecular weight excluding hydrogens is 380 g/mol. The Morgan fingerprint density at radius 3 is 2.72 bits per heavy atom. The molecule has 0 atom stereocenters. The van der Waals surface area contributed by atoms with Crippen LogP contribution in [-0.4, -0.2) is 40.4 Å². The van der Waals surface area contributed by atoms with Gasteiger partial charge >= 0.3 is 0 Å².